The fourth-order valence-electron chi connectivity index (χ4n) is 0.884. The number of benzene rings is 1. The van der Waals surface area contributed by atoms with Crippen LogP contribution in [0.3, 0.4) is 0 Å². The van der Waals surface area contributed by atoms with E-state index in [-0.39, 0.29) is 25.2 Å². The molecule has 0 aliphatic rings. The zero-order chi connectivity index (χ0) is 9.19. The van der Waals surface area contributed by atoms with Gasteiger partial charge in [0.15, 0.2) is 0 Å². The summed E-state index contributed by atoms with van der Waals surface area (Å²) >= 11 is 0. The zero-order valence-corrected chi connectivity index (χ0v) is 8.08. The van der Waals surface area contributed by atoms with Crippen molar-refractivity contribution in [3.8, 4) is 0 Å². The van der Waals surface area contributed by atoms with Crippen LogP contribution in [0.15, 0.2) is 35.7 Å². The van der Waals surface area contributed by atoms with Gasteiger partial charge in [-0.25, -0.2) is 0 Å². The molecule has 0 saturated carbocycles. The summed E-state index contributed by atoms with van der Waals surface area (Å²) in [6.07, 6.45) is 1.38. The second-order valence-electron chi connectivity index (χ2n) is 2.22. The van der Waals surface area contributed by atoms with Crippen molar-refractivity contribution in [3.05, 3.63) is 36.4 Å². The van der Waals surface area contributed by atoms with Crippen LogP contribution in [-0.4, -0.2) is 13.0 Å². The molecule has 1 rings (SSSR count). The minimum Gasteiger partial charge on any atom is -1.00 e. The number of hydrogen-bond donors (Lipinski definition) is 1. The van der Waals surface area contributed by atoms with Gasteiger partial charge in [-0.2, -0.15) is 8.42 Å². The summed E-state index contributed by atoms with van der Waals surface area (Å²) in [6.45, 7) is 3.43. The van der Waals surface area contributed by atoms with Gasteiger partial charge in [-0.3, -0.25) is 4.55 Å². The third kappa shape index (κ3) is 3.01. The van der Waals surface area contributed by atoms with Crippen molar-refractivity contribution < 1.29 is 33.3 Å². The van der Waals surface area contributed by atoms with E-state index in [0.717, 1.165) is 0 Å². The molecule has 0 bridgehead atoms. The molecule has 0 atom stereocenters. The van der Waals surface area contributed by atoms with Gasteiger partial charge in [0.05, 0.1) is 0 Å². The first-order valence-corrected chi connectivity index (χ1v) is 4.68. The molecule has 0 radical (unpaired) electrons. The number of rotatable bonds is 2. The summed E-state index contributed by atoms with van der Waals surface area (Å²) < 4.78 is 30.2. The second-order valence-corrected chi connectivity index (χ2v) is 3.61. The van der Waals surface area contributed by atoms with Crippen LogP contribution >= 0.6 is 0 Å². The van der Waals surface area contributed by atoms with E-state index in [9.17, 15) is 8.42 Å². The molecule has 1 aromatic rings. The molecule has 0 aliphatic heterocycles. The smallest absolute Gasteiger partial charge is 1.00 e. The van der Waals surface area contributed by atoms with Gasteiger partial charge in [0.25, 0.3) is 10.1 Å². The summed E-state index contributed by atoms with van der Waals surface area (Å²) in [5, 5.41) is 0. The van der Waals surface area contributed by atoms with Gasteiger partial charge in [-0.1, -0.05) is 30.9 Å². The first-order valence-electron chi connectivity index (χ1n) is 3.24. The SMILES string of the molecule is C=Cc1ccccc1S(=O)(=O)O.[H-].[Li+]. The van der Waals surface area contributed by atoms with E-state index in [1.807, 2.05) is 0 Å². The molecule has 0 heterocycles. The average molecular weight is 192 g/mol. The van der Waals surface area contributed by atoms with Crippen molar-refractivity contribution in [2.75, 3.05) is 0 Å². The first-order chi connectivity index (χ1) is 5.55. The summed E-state index contributed by atoms with van der Waals surface area (Å²) in [7, 11) is -4.12. The minimum atomic E-state index is -4.12. The maximum atomic E-state index is 10.7. The summed E-state index contributed by atoms with van der Waals surface area (Å²) in [6, 6.07) is 6.10. The summed E-state index contributed by atoms with van der Waals surface area (Å²) in [5.74, 6) is 0. The Labute approximate surface area is 90.9 Å². The fraction of sp³-hybridized carbons (Fsp3) is 0. The Morgan fingerprint density at radius 3 is 2.31 bits per heavy atom. The van der Waals surface area contributed by atoms with Crippen LogP contribution in [0.2, 0.25) is 0 Å². The van der Waals surface area contributed by atoms with Crippen molar-refractivity contribution >= 4 is 16.2 Å². The van der Waals surface area contributed by atoms with Crippen molar-refractivity contribution in [2.24, 2.45) is 0 Å². The molecule has 0 aliphatic carbocycles. The molecular weight excluding hydrogens is 183 g/mol. The Hall–Kier alpha value is -0.533. The normalized spacial score (nSPS) is 10.2. The van der Waals surface area contributed by atoms with E-state index in [4.69, 9.17) is 4.55 Å². The maximum absolute atomic E-state index is 10.7. The van der Waals surface area contributed by atoms with Gasteiger partial charge in [0.2, 0.25) is 0 Å². The standard InChI is InChI=1S/C8H8O3S.Li.H/c1-2-7-5-3-4-6-8(7)12(9,10)11;;/h2-6H,1H2,(H,9,10,11);;/q;+1;-1. The van der Waals surface area contributed by atoms with E-state index >= 15 is 0 Å². The van der Waals surface area contributed by atoms with Crippen molar-refractivity contribution in [3.63, 3.8) is 0 Å². The van der Waals surface area contributed by atoms with Gasteiger partial charge >= 0.3 is 18.9 Å². The van der Waals surface area contributed by atoms with Gasteiger partial charge in [0, 0.05) is 0 Å². The van der Waals surface area contributed by atoms with Crippen LogP contribution < -0.4 is 18.9 Å². The van der Waals surface area contributed by atoms with Crippen LogP contribution in [-0.2, 0) is 10.1 Å². The zero-order valence-electron chi connectivity index (χ0n) is 8.27. The van der Waals surface area contributed by atoms with Gasteiger partial charge in [-0.15, -0.1) is 0 Å². The van der Waals surface area contributed by atoms with Gasteiger partial charge < -0.3 is 1.43 Å². The molecular formula is C8H9LiO3S. The quantitative estimate of drug-likeness (QED) is 0.467. The summed E-state index contributed by atoms with van der Waals surface area (Å²) in [5.41, 5.74) is 0.403. The Morgan fingerprint density at radius 2 is 1.92 bits per heavy atom. The summed E-state index contributed by atoms with van der Waals surface area (Å²) in [4.78, 5) is -0.111. The predicted octanol–water partition coefficient (Wildman–Crippen LogP) is -1.31. The molecule has 0 amide bonds. The van der Waals surface area contributed by atoms with Crippen molar-refractivity contribution in [1.29, 1.82) is 0 Å². The van der Waals surface area contributed by atoms with E-state index < -0.39 is 10.1 Å². The van der Waals surface area contributed by atoms with E-state index in [2.05, 4.69) is 6.58 Å². The van der Waals surface area contributed by atoms with Crippen LogP contribution in [0.4, 0.5) is 0 Å². The Morgan fingerprint density at radius 1 is 1.38 bits per heavy atom. The first kappa shape index (κ1) is 12.5. The third-order valence-electron chi connectivity index (χ3n) is 1.42. The van der Waals surface area contributed by atoms with Crippen LogP contribution in [0.5, 0.6) is 0 Å². The van der Waals surface area contributed by atoms with Crippen molar-refractivity contribution in [2.45, 2.75) is 4.90 Å². The third-order valence-corrected chi connectivity index (χ3v) is 2.34. The van der Waals surface area contributed by atoms with E-state index in [0.29, 0.717) is 5.56 Å². The number of hydrogen-bond acceptors (Lipinski definition) is 2. The Bertz CT molecular complexity index is 403. The average Bonchev–Trinajstić information content (AvgIpc) is 2.03. The molecule has 0 spiro atoms. The minimum absolute atomic E-state index is 0. The van der Waals surface area contributed by atoms with Crippen molar-refractivity contribution in [1.82, 2.24) is 0 Å². The van der Waals surface area contributed by atoms with Crippen LogP contribution in [0.1, 0.15) is 6.99 Å². The van der Waals surface area contributed by atoms with Crippen LogP contribution in [0, 0.1) is 0 Å². The van der Waals surface area contributed by atoms with Gasteiger partial charge in [0.1, 0.15) is 4.90 Å². The maximum Gasteiger partial charge on any atom is 1.00 e. The molecule has 5 heteroatoms. The molecule has 66 valence electrons. The topological polar surface area (TPSA) is 54.4 Å². The Balaban J connectivity index is 0. The largest absolute Gasteiger partial charge is 1.00 e. The Kier molecular flexibility index (Phi) is 4.44. The fourth-order valence-corrected chi connectivity index (χ4v) is 1.58. The van der Waals surface area contributed by atoms with Gasteiger partial charge in [-0.05, 0) is 11.6 Å². The van der Waals surface area contributed by atoms with E-state index in [1.54, 1.807) is 12.1 Å². The van der Waals surface area contributed by atoms with Crippen LogP contribution in [0.25, 0.3) is 6.08 Å². The predicted molar refractivity (Wildman–Crippen MR) is 47.5 cm³/mol. The molecule has 0 saturated heterocycles. The monoisotopic (exact) mass is 192 g/mol. The molecule has 0 unspecified atom stereocenters. The molecule has 13 heavy (non-hydrogen) atoms. The second kappa shape index (κ2) is 4.63. The van der Waals surface area contributed by atoms with E-state index in [1.165, 1.54) is 18.2 Å². The molecule has 0 fully saturated rings. The molecule has 1 N–H and O–H groups in total. The molecule has 3 nitrogen and oxygen atoms in total. The molecule has 1 aromatic carbocycles. The molecule has 0 aromatic heterocycles.